The minimum atomic E-state index is -4.42. The Balaban J connectivity index is 5.16. The van der Waals surface area contributed by atoms with Crippen LogP contribution in [0.5, 0.6) is 0 Å². The molecule has 0 rings (SSSR count). The molecular formula is C5H6F5N7O5. The normalized spacial score (nSPS) is 12.3. The molecule has 0 atom stereocenters. The number of rotatable bonds is 10. The Morgan fingerprint density at radius 3 is 1.91 bits per heavy atom. The summed E-state index contributed by atoms with van der Waals surface area (Å²) in [7, 11) is 0. The van der Waals surface area contributed by atoms with Crippen molar-refractivity contribution in [1.82, 2.24) is 10.7 Å². The van der Waals surface area contributed by atoms with Crippen molar-refractivity contribution in [2.75, 3.05) is 19.8 Å². The maximum absolute atomic E-state index is 13.3. The van der Waals surface area contributed by atoms with Gasteiger partial charge < -0.3 is 4.74 Å². The lowest BCUT2D eigenvalue weighted by atomic mass is 10.2. The molecule has 0 aromatic carbocycles. The van der Waals surface area contributed by atoms with Crippen LogP contribution in [0, 0.1) is 20.2 Å². The zero-order valence-electron chi connectivity index (χ0n) is 10.2. The van der Waals surface area contributed by atoms with Crippen LogP contribution in [-0.2, 0) is 4.74 Å². The lowest BCUT2D eigenvalue weighted by Gasteiger charge is -2.30. The molecule has 0 saturated heterocycles. The fourth-order valence-corrected chi connectivity index (χ4v) is 0.969. The second-order valence-electron chi connectivity index (χ2n) is 3.56. The van der Waals surface area contributed by atoms with E-state index >= 15 is 0 Å². The number of nitrogens with zero attached hydrogens (tertiary/aromatic N) is 7. The zero-order chi connectivity index (χ0) is 17.6. The summed E-state index contributed by atoms with van der Waals surface area (Å²) in [4.78, 5) is 18.3. The highest BCUT2D eigenvalue weighted by molar-refractivity contribution is 4.81. The fourth-order valence-electron chi connectivity index (χ4n) is 0.969. The van der Waals surface area contributed by atoms with Gasteiger partial charge in [0.25, 0.3) is 0 Å². The highest BCUT2D eigenvalue weighted by Gasteiger charge is 2.59. The first kappa shape index (κ1) is 19.6. The first-order chi connectivity index (χ1) is 10.0. The van der Waals surface area contributed by atoms with E-state index in [2.05, 4.69) is 9.85 Å². The van der Waals surface area contributed by atoms with E-state index in [1.807, 2.05) is 4.91 Å². The molecule has 0 aliphatic carbocycles. The van der Waals surface area contributed by atoms with E-state index in [0.717, 1.165) is 0 Å². The Bertz CT molecular complexity index is 449. The van der Waals surface area contributed by atoms with Gasteiger partial charge in [-0.2, -0.15) is 0 Å². The molecule has 17 heteroatoms. The molecule has 0 heterocycles. The van der Waals surface area contributed by atoms with Gasteiger partial charge in [0.1, 0.15) is 9.85 Å². The molecule has 0 bridgehead atoms. The maximum atomic E-state index is 13.3. The number of alkyl halides is 1. The van der Waals surface area contributed by atoms with Crippen LogP contribution in [0.2, 0.25) is 0 Å². The summed E-state index contributed by atoms with van der Waals surface area (Å²) < 4.78 is 67.4. The van der Waals surface area contributed by atoms with Crippen molar-refractivity contribution in [2.45, 2.75) is 11.6 Å². The Labute approximate surface area is 116 Å². The van der Waals surface area contributed by atoms with Crippen molar-refractivity contribution in [3.63, 3.8) is 0 Å². The van der Waals surface area contributed by atoms with E-state index < -0.39 is 51.9 Å². The summed E-state index contributed by atoms with van der Waals surface area (Å²) in [5.74, 6) is -4.42. The van der Waals surface area contributed by atoms with Crippen LogP contribution in [0.3, 0.4) is 0 Å². The molecule has 0 aromatic rings. The minimum absolute atomic E-state index is 1.61. The number of ether oxygens (including phenoxy) is 1. The molecule has 0 spiro atoms. The third-order valence-corrected chi connectivity index (χ3v) is 2.19. The molecule has 0 aliphatic heterocycles. The average molecular weight is 339 g/mol. The largest absolute Gasteiger partial charge is 0.637 e. The number of hydrogen-bond acceptors (Lipinski definition) is 8. The van der Waals surface area contributed by atoms with E-state index in [0.29, 0.717) is 0 Å². The Kier molecular flexibility index (Phi) is 6.78. The van der Waals surface area contributed by atoms with E-state index in [-0.39, 0.29) is 0 Å². The van der Waals surface area contributed by atoms with Crippen LogP contribution < -0.4 is 0 Å². The predicted octanol–water partition coefficient (Wildman–Crippen LogP) is 1.33. The molecule has 0 radical (unpaired) electrons. The van der Waals surface area contributed by atoms with Gasteiger partial charge in [0.05, 0.1) is 13.2 Å². The second-order valence-corrected chi connectivity index (χ2v) is 3.56. The van der Waals surface area contributed by atoms with Crippen molar-refractivity contribution in [1.29, 1.82) is 0 Å². The molecule has 0 unspecified atom stereocenters. The molecule has 22 heavy (non-hydrogen) atoms. The van der Waals surface area contributed by atoms with E-state index in [4.69, 9.17) is 5.53 Å². The van der Waals surface area contributed by atoms with Crippen LogP contribution in [0.1, 0.15) is 0 Å². The van der Waals surface area contributed by atoms with Crippen LogP contribution in [0.15, 0.2) is 5.11 Å². The summed E-state index contributed by atoms with van der Waals surface area (Å²) in [5, 5.41) is 18.5. The molecule has 0 saturated carbocycles. The first-order valence-electron chi connectivity index (χ1n) is 4.84. The third kappa shape index (κ3) is 4.07. The van der Waals surface area contributed by atoms with Crippen LogP contribution in [0.4, 0.5) is 22.3 Å². The lowest BCUT2D eigenvalue weighted by molar-refractivity contribution is -0.833. The highest BCUT2D eigenvalue weighted by atomic mass is 19.4. The lowest BCUT2D eigenvalue weighted by Crippen LogP contribution is -2.56. The van der Waals surface area contributed by atoms with Crippen molar-refractivity contribution in [2.24, 2.45) is 5.11 Å². The minimum Gasteiger partial charge on any atom is -0.360 e. The molecule has 0 fully saturated rings. The number of halogens is 5. The van der Waals surface area contributed by atoms with Gasteiger partial charge in [-0.25, -0.2) is 0 Å². The highest BCUT2D eigenvalue weighted by Crippen LogP contribution is 2.26. The topological polar surface area (TPSA) is 151 Å². The Morgan fingerprint density at radius 1 is 1.14 bits per heavy atom. The molecule has 126 valence electrons. The summed E-state index contributed by atoms with van der Waals surface area (Å²) in [6, 6.07) is 0. The zero-order valence-corrected chi connectivity index (χ0v) is 10.2. The van der Waals surface area contributed by atoms with Crippen molar-refractivity contribution in [3.05, 3.63) is 30.7 Å². The molecule has 0 N–H and O–H groups in total. The van der Waals surface area contributed by atoms with Gasteiger partial charge in [-0.3, -0.25) is 20.2 Å². The summed E-state index contributed by atoms with van der Waals surface area (Å²) in [6.45, 7) is -5.49. The quantitative estimate of drug-likeness (QED) is 0.0670. The summed E-state index contributed by atoms with van der Waals surface area (Å²) in [6.07, 6.45) is 0. The van der Waals surface area contributed by atoms with Crippen molar-refractivity contribution >= 4 is 0 Å². The summed E-state index contributed by atoms with van der Waals surface area (Å²) >= 11 is 0. The monoisotopic (exact) mass is 339 g/mol. The van der Waals surface area contributed by atoms with E-state index in [9.17, 15) is 42.5 Å². The molecule has 0 amide bonds. The van der Waals surface area contributed by atoms with Gasteiger partial charge >= 0.3 is 5.92 Å². The Hall–Kier alpha value is -2.36. The third-order valence-electron chi connectivity index (χ3n) is 2.19. The van der Waals surface area contributed by atoms with Crippen LogP contribution in [0.25, 0.3) is 10.4 Å². The fraction of sp³-hybridized carbons (Fsp3) is 1.00. The van der Waals surface area contributed by atoms with Gasteiger partial charge in [0.2, 0.25) is 12.3 Å². The van der Waals surface area contributed by atoms with Gasteiger partial charge in [-0.1, -0.05) is 27.4 Å². The van der Waals surface area contributed by atoms with Gasteiger partial charge in [-0.05, 0) is 5.53 Å². The smallest absolute Gasteiger partial charge is 0.360 e. The van der Waals surface area contributed by atoms with Crippen LogP contribution >= 0.6 is 0 Å². The van der Waals surface area contributed by atoms with Gasteiger partial charge in [-0.15, -0.1) is 0 Å². The molecular weight excluding hydrogens is 333 g/mol. The van der Waals surface area contributed by atoms with Gasteiger partial charge in [0, 0.05) is 15.6 Å². The molecule has 0 aliphatic rings. The first-order valence-corrected chi connectivity index (χ1v) is 4.84. The van der Waals surface area contributed by atoms with Crippen molar-refractivity contribution in [3.8, 4) is 0 Å². The maximum Gasteiger partial charge on any atom is 0.637 e. The summed E-state index contributed by atoms with van der Waals surface area (Å²) in [5.41, 5.74) is 4.24. The predicted molar refractivity (Wildman–Crippen MR) is 53.5 cm³/mol. The van der Waals surface area contributed by atoms with E-state index in [1.54, 1.807) is 0 Å². The van der Waals surface area contributed by atoms with Gasteiger partial charge in [0.15, 0.2) is 0 Å². The standard InChI is InChI=1S/C5H6F5N7O5/c6-5(16(18)19,17(20)21)3-22-2-4(14(7)8,15(9)10)1-12-13-11/h1-3H2. The Morgan fingerprint density at radius 2 is 1.59 bits per heavy atom. The molecule has 12 nitrogen and oxygen atoms in total. The molecule has 0 aromatic heterocycles. The number of nitro groups is 2. The average Bonchev–Trinajstić information content (AvgIpc) is 2.41. The van der Waals surface area contributed by atoms with E-state index in [1.165, 1.54) is 0 Å². The SMILES string of the molecule is [N-]=[N+]=NCC(COCC(F)([N+](=O)[O-])[N+](=O)[O-])(N(F)F)N(F)F. The second kappa shape index (κ2) is 7.59. The number of azide groups is 1. The number of hydrogen-bond donors (Lipinski definition) is 0. The van der Waals surface area contributed by atoms with Crippen molar-refractivity contribution < 1.29 is 36.9 Å². The van der Waals surface area contributed by atoms with Crippen LogP contribution in [-0.4, -0.2) is 51.9 Å².